The van der Waals surface area contributed by atoms with E-state index in [0.29, 0.717) is 19.3 Å². The third-order valence-corrected chi connectivity index (χ3v) is 8.25. The number of carbonyl (C=O) groups is 2. The largest absolute Gasteiger partial charge is 0.465 e. The van der Waals surface area contributed by atoms with Crippen LogP contribution < -0.4 is 0 Å². The van der Waals surface area contributed by atoms with E-state index in [-0.39, 0.29) is 48.3 Å². The van der Waals surface area contributed by atoms with Crippen LogP contribution in [0.15, 0.2) is 23.8 Å². The molecule has 188 valence electrons. The van der Waals surface area contributed by atoms with E-state index in [1.165, 1.54) is 6.92 Å². The molecule has 0 radical (unpaired) electrons. The van der Waals surface area contributed by atoms with Crippen LogP contribution in [0.2, 0.25) is 0 Å². The summed E-state index contributed by atoms with van der Waals surface area (Å²) < 4.78 is 10.7. The number of ether oxygens (including phenoxy) is 2. The molecule has 0 saturated heterocycles. The molecule has 2 fully saturated rings. The molecule has 0 aliphatic heterocycles. The fraction of sp³-hybridized carbons (Fsp3) is 0.778. The van der Waals surface area contributed by atoms with Crippen LogP contribution in [0.1, 0.15) is 80.1 Å². The highest BCUT2D eigenvalue weighted by molar-refractivity contribution is 5.71. The van der Waals surface area contributed by atoms with Crippen molar-refractivity contribution in [1.82, 2.24) is 0 Å². The molecule has 2 rings (SSSR count). The Hall–Kier alpha value is -1.66. The zero-order chi connectivity index (χ0) is 25.0. The first-order valence-electron chi connectivity index (χ1n) is 12.3. The standard InChI is InChI=1S/C27H44O6/c1-8-18(3)25(31)32-12-11-17(2)9-10-22-19(4)23(30)13-24-26(6,16-33-20(5)28)14-21(29)15-27(22,24)7/h11,18,21-24,29-30H,4,8-10,12-16H2,1-3,5-7H3/b17-11+/t18-,21+,22-,23+,24+,26+,27+/m0/s1. The highest BCUT2D eigenvalue weighted by atomic mass is 16.5. The molecule has 2 saturated carbocycles. The van der Waals surface area contributed by atoms with Crippen molar-refractivity contribution in [3.63, 3.8) is 0 Å². The number of rotatable bonds is 9. The molecule has 2 N–H and O–H groups in total. The molecule has 0 heterocycles. The van der Waals surface area contributed by atoms with Crippen molar-refractivity contribution in [2.75, 3.05) is 13.2 Å². The van der Waals surface area contributed by atoms with E-state index in [9.17, 15) is 19.8 Å². The van der Waals surface area contributed by atoms with Crippen molar-refractivity contribution in [1.29, 1.82) is 0 Å². The molecule has 0 aromatic heterocycles. The number of aliphatic hydroxyl groups is 2. The van der Waals surface area contributed by atoms with Gasteiger partial charge in [0.15, 0.2) is 0 Å². The molecule has 0 amide bonds. The molecule has 0 unspecified atom stereocenters. The lowest BCUT2D eigenvalue weighted by atomic mass is 9.45. The minimum atomic E-state index is -0.610. The van der Waals surface area contributed by atoms with Crippen LogP contribution in [0.3, 0.4) is 0 Å². The number of esters is 2. The summed E-state index contributed by atoms with van der Waals surface area (Å²) in [5.41, 5.74) is 1.28. The summed E-state index contributed by atoms with van der Waals surface area (Å²) >= 11 is 0. The molecule has 0 aromatic rings. The van der Waals surface area contributed by atoms with Gasteiger partial charge in [-0.25, -0.2) is 0 Å². The number of aliphatic hydroxyl groups excluding tert-OH is 2. The van der Waals surface area contributed by atoms with Crippen molar-refractivity contribution >= 4 is 11.9 Å². The first kappa shape index (κ1) is 27.6. The van der Waals surface area contributed by atoms with Crippen LogP contribution in [0, 0.1) is 28.6 Å². The summed E-state index contributed by atoms with van der Waals surface area (Å²) in [5.74, 6) is -0.474. The lowest BCUT2D eigenvalue weighted by Crippen LogP contribution is -2.58. The SMILES string of the molecule is C=C1[C@H](O)C[C@@H]2[C@@](C)(COC(C)=O)C[C@@H](O)C[C@]2(C)[C@H]1CC/C(C)=C/COC(=O)[C@@H](C)CC. The van der Waals surface area contributed by atoms with Crippen LogP contribution in [0.4, 0.5) is 0 Å². The maximum Gasteiger partial charge on any atom is 0.308 e. The van der Waals surface area contributed by atoms with Crippen LogP contribution in [0.5, 0.6) is 0 Å². The Bertz CT molecular complexity index is 758. The van der Waals surface area contributed by atoms with Gasteiger partial charge in [-0.1, -0.05) is 39.8 Å². The predicted octanol–water partition coefficient (Wildman–Crippen LogP) is 4.59. The molecule has 0 aromatic carbocycles. The molecular weight excluding hydrogens is 420 g/mol. The molecule has 6 nitrogen and oxygen atoms in total. The van der Waals surface area contributed by atoms with Gasteiger partial charge in [0.25, 0.3) is 0 Å². The van der Waals surface area contributed by atoms with E-state index in [1.807, 2.05) is 26.8 Å². The first-order valence-corrected chi connectivity index (χ1v) is 12.3. The van der Waals surface area contributed by atoms with Gasteiger partial charge < -0.3 is 19.7 Å². The quantitative estimate of drug-likeness (QED) is 0.383. The van der Waals surface area contributed by atoms with Crippen molar-refractivity contribution < 1.29 is 29.3 Å². The Morgan fingerprint density at radius 2 is 1.88 bits per heavy atom. The van der Waals surface area contributed by atoms with Crippen LogP contribution in [0.25, 0.3) is 0 Å². The topological polar surface area (TPSA) is 93.1 Å². The number of fused-ring (bicyclic) bond motifs is 1. The van der Waals surface area contributed by atoms with Gasteiger partial charge in [-0.05, 0) is 74.3 Å². The van der Waals surface area contributed by atoms with Crippen LogP contribution >= 0.6 is 0 Å². The Labute approximate surface area is 199 Å². The maximum atomic E-state index is 11.9. The van der Waals surface area contributed by atoms with E-state index in [1.54, 1.807) is 0 Å². The lowest BCUT2D eigenvalue weighted by molar-refractivity contribution is -0.167. The van der Waals surface area contributed by atoms with Crippen molar-refractivity contribution in [3.8, 4) is 0 Å². The summed E-state index contributed by atoms with van der Waals surface area (Å²) in [5, 5.41) is 21.7. The fourth-order valence-electron chi connectivity index (χ4n) is 6.16. The zero-order valence-corrected chi connectivity index (χ0v) is 21.4. The van der Waals surface area contributed by atoms with E-state index in [2.05, 4.69) is 20.4 Å². The second kappa shape index (κ2) is 11.2. The third-order valence-electron chi connectivity index (χ3n) is 8.25. The molecule has 33 heavy (non-hydrogen) atoms. The zero-order valence-electron chi connectivity index (χ0n) is 21.4. The number of hydrogen-bond donors (Lipinski definition) is 2. The molecule has 7 atom stereocenters. The lowest BCUT2D eigenvalue weighted by Gasteiger charge is -2.60. The minimum Gasteiger partial charge on any atom is -0.465 e. The highest BCUT2D eigenvalue weighted by Crippen LogP contribution is 2.62. The summed E-state index contributed by atoms with van der Waals surface area (Å²) in [6, 6.07) is 0. The van der Waals surface area contributed by atoms with Gasteiger partial charge >= 0.3 is 11.9 Å². The van der Waals surface area contributed by atoms with E-state index in [0.717, 1.165) is 30.4 Å². The second-order valence-corrected chi connectivity index (χ2v) is 11.0. The molecule has 0 bridgehead atoms. The van der Waals surface area contributed by atoms with Crippen molar-refractivity contribution in [2.45, 2.75) is 92.3 Å². The fourth-order valence-corrected chi connectivity index (χ4v) is 6.16. The highest BCUT2D eigenvalue weighted by Gasteiger charge is 2.58. The Kier molecular flexibility index (Phi) is 9.34. The van der Waals surface area contributed by atoms with Gasteiger partial charge in [-0.15, -0.1) is 0 Å². The summed E-state index contributed by atoms with van der Waals surface area (Å²) in [6.45, 7) is 16.3. The molecule has 0 spiro atoms. The van der Waals surface area contributed by atoms with Gasteiger partial charge in [0.2, 0.25) is 0 Å². The Balaban J connectivity index is 2.15. The predicted molar refractivity (Wildman–Crippen MR) is 128 cm³/mol. The molecule has 2 aliphatic rings. The average molecular weight is 465 g/mol. The normalized spacial score (nSPS) is 35.5. The number of allylic oxidation sites excluding steroid dienone is 1. The summed E-state index contributed by atoms with van der Waals surface area (Å²) in [4.78, 5) is 23.4. The molecular formula is C27H44O6. The Morgan fingerprint density at radius 3 is 2.48 bits per heavy atom. The average Bonchev–Trinajstić information content (AvgIpc) is 2.73. The van der Waals surface area contributed by atoms with Gasteiger partial charge in [0.05, 0.1) is 24.7 Å². The first-order chi connectivity index (χ1) is 15.3. The van der Waals surface area contributed by atoms with E-state index < -0.39 is 17.6 Å². The van der Waals surface area contributed by atoms with E-state index >= 15 is 0 Å². The van der Waals surface area contributed by atoms with Crippen LogP contribution in [-0.2, 0) is 19.1 Å². The Morgan fingerprint density at radius 1 is 1.21 bits per heavy atom. The smallest absolute Gasteiger partial charge is 0.308 e. The second-order valence-electron chi connectivity index (χ2n) is 11.0. The summed E-state index contributed by atoms with van der Waals surface area (Å²) in [6.07, 6.45) is 4.94. The van der Waals surface area contributed by atoms with Gasteiger partial charge in [-0.3, -0.25) is 9.59 Å². The van der Waals surface area contributed by atoms with Crippen LogP contribution in [-0.4, -0.2) is 47.6 Å². The summed E-state index contributed by atoms with van der Waals surface area (Å²) in [7, 11) is 0. The molecule has 6 heteroatoms. The van der Waals surface area contributed by atoms with Crippen molar-refractivity contribution in [3.05, 3.63) is 23.8 Å². The van der Waals surface area contributed by atoms with Gasteiger partial charge in [0, 0.05) is 12.3 Å². The van der Waals surface area contributed by atoms with Gasteiger partial charge in [-0.2, -0.15) is 0 Å². The monoisotopic (exact) mass is 464 g/mol. The maximum absolute atomic E-state index is 11.9. The van der Waals surface area contributed by atoms with Gasteiger partial charge in [0.1, 0.15) is 6.61 Å². The molecule has 2 aliphatic carbocycles. The number of carbonyl (C=O) groups excluding carboxylic acids is 2. The van der Waals surface area contributed by atoms with Crippen molar-refractivity contribution in [2.24, 2.45) is 28.6 Å². The third kappa shape index (κ3) is 6.48. The number of hydrogen-bond acceptors (Lipinski definition) is 6. The van der Waals surface area contributed by atoms with E-state index in [4.69, 9.17) is 9.47 Å². The minimum absolute atomic E-state index is 0.0314.